The maximum Gasteiger partial charge on any atom is 0.244 e. The highest BCUT2D eigenvalue weighted by Gasteiger charge is 2.25. The number of benzene rings is 1. The number of ether oxygens (including phenoxy) is 1. The number of hydrogen-bond acceptors (Lipinski definition) is 3. The number of likely N-dealkylation sites (N-methyl/N-ethyl adjacent to an activating group) is 1. The third-order valence-corrected chi connectivity index (χ3v) is 3.17. The van der Waals surface area contributed by atoms with Crippen molar-refractivity contribution in [3.8, 4) is 5.75 Å². The normalized spacial score (nSPS) is 20.7. The standard InChI is InChI=1S/C14H20N2O2/c1-3-18-12-7-5-11(6-8-12)13-14(17)16(2)10-4-9-15-13/h5-8,13,15H,3-4,9-10H2,1-2H3. The zero-order chi connectivity index (χ0) is 13.0. The van der Waals surface area contributed by atoms with Crippen LogP contribution in [0.3, 0.4) is 0 Å². The van der Waals surface area contributed by atoms with Gasteiger partial charge in [-0.05, 0) is 37.6 Å². The van der Waals surface area contributed by atoms with E-state index >= 15 is 0 Å². The van der Waals surface area contributed by atoms with E-state index < -0.39 is 0 Å². The van der Waals surface area contributed by atoms with E-state index in [0.717, 1.165) is 30.8 Å². The minimum Gasteiger partial charge on any atom is -0.494 e. The molecule has 0 aromatic heterocycles. The third kappa shape index (κ3) is 2.82. The van der Waals surface area contributed by atoms with Crippen molar-refractivity contribution in [2.75, 3.05) is 26.7 Å². The van der Waals surface area contributed by atoms with Gasteiger partial charge in [0, 0.05) is 13.6 Å². The summed E-state index contributed by atoms with van der Waals surface area (Å²) in [6.07, 6.45) is 0.996. The Morgan fingerprint density at radius 2 is 2.11 bits per heavy atom. The van der Waals surface area contributed by atoms with Crippen LogP contribution in [0.5, 0.6) is 5.75 Å². The molecule has 1 saturated heterocycles. The summed E-state index contributed by atoms with van der Waals surface area (Å²) in [4.78, 5) is 14.0. The molecule has 1 heterocycles. The van der Waals surface area contributed by atoms with Crippen molar-refractivity contribution in [3.63, 3.8) is 0 Å². The van der Waals surface area contributed by atoms with Gasteiger partial charge < -0.3 is 15.0 Å². The number of rotatable bonds is 3. The Labute approximate surface area is 108 Å². The summed E-state index contributed by atoms with van der Waals surface area (Å²) in [6.45, 7) is 4.30. The summed E-state index contributed by atoms with van der Waals surface area (Å²) in [6, 6.07) is 7.52. The monoisotopic (exact) mass is 248 g/mol. The van der Waals surface area contributed by atoms with Gasteiger partial charge in [0.2, 0.25) is 5.91 Å². The van der Waals surface area contributed by atoms with Crippen molar-refractivity contribution in [2.24, 2.45) is 0 Å². The van der Waals surface area contributed by atoms with Crippen molar-refractivity contribution in [1.82, 2.24) is 10.2 Å². The number of amides is 1. The van der Waals surface area contributed by atoms with Gasteiger partial charge >= 0.3 is 0 Å². The van der Waals surface area contributed by atoms with Crippen LogP contribution < -0.4 is 10.1 Å². The van der Waals surface area contributed by atoms with Gasteiger partial charge in [-0.15, -0.1) is 0 Å². The molecule has 1 aliphatic rings. The Morgan fingerprint density at radius 1 is 1.39 bits per heavy atom. The molecule has 4 nitrogen and oxygen atoms in total. The van der Waals surface area contributed by atoms with Crippen LogP contribution >= 0.6 is 0 Å². The first-order valence-electron chi connectivity index (χ1n) is 6.43. The van der Waals surface area contributed by atoms with Crippen LogP contribution in [0.15, 0.2) is 24.3 Å². The number of hydrogen-bond donors (Lipinski definition) is 1. The molecule has 4 heteroatoms. The first-order chi connectivity index (χ1) is 8.72. The molecule has 0 aliphatic carbocycles. The number of carbonyl (C=O) groups excluding carboxylic acids is 1. The highest BCUT2D eigenvalue weighted by atomic mass is 16.5. The lowest BCUT2D eigenvalue weighted by Crippen LogP contribution is -2.35. The first kappa shape index (κ1) is 12.9. The molecule has 1 unspecified atom stereocenters. The van der Waals surface area contributed by atoms with E-state index in [9.17, 15) is 4.79 Å². The highest BCUT2D eigenvalue weighted by molar-refractivity contribution is 5.83. The average Bonchev–Trinajstić information content (AvgIpc) is 2.54. The summed E-state index contributed by atoms with van der Waals surface area (Å²) in [5.74, 6) is 0.979. The first-order valence-corrected chi connectivity index (χ1v) is 6.43. The molecular formula is C14H20N2O2. The zero-order valence-electron chi connectivity index (χ0n) is 11.0. The summed E-state index contributed by atoms with van der Waals surface area (Å²) < 4.78 is 5.41. The topological polar surface area (TPSA) is 41.6 Å². The molecule has 0 radical (unpaired) electrons. The molecule has 0 spiro atoms. The second-order valence-corrected chi connectivity index (χ2v) is 4.50. The second-order valence-electron chi connectivity index (χ2n) is 4.50. The van der Waals surface area contributed by atoms with Gasteiger partial charge in [-0.25, -0.2) is 0 Å². The highest BCUT2D eigenvalue weighted by Crippen LogP contribution is 2.21. The molecule has 1 atom stereocenters. The molecule has 1 aliphatic heterocycles. The minimum absolute atomic E-state index is 0.136. The number of nitrogens with one attached hydrogen (secondary N) is 1. The van der Waals surface area contributed by atoms with Gasteiger partial charge in [0.05, 0.1) is 6.61 Å². The lowest BCUT2D eigenvalue weighted by Gasteiger charge is -2.20. The molecule has 1 N–H and O–H groups in total. The molecule has 1 amide bonds. The third-order valence-electron chi connectivity index (χ3n) is 3.17. The Balaban J connectivity index is 2.15. The lowest BCUT2D eigenvalue weighted by molar-refractivity contribution is -0.131. The van der Waals surface area contributed by atoms with E-state index in [0.29, 0.717) is 6.61 Å². The van der Waals surface area contributed by atoms with Crippen molar-refractivity contribution >= 4 is 5.91 Å². The molecular weight excluding hydrogens is 228 g/mol. The van der Waals surface area contributed by atoms with E-state index in [1.54, 1.807) is 4.90 Å². The number of nitrogens with zero attached hydrogens (tertiary/aromatic N) is 1. The van der Waals surface area contributed by atoms with Crippen LogP contribution in [0.25, 0.3) is 0 Å². The Bertz CT molecular complexity index is 403. The quantitative estimate of drug-likeness (QED) is 0.883. The Morgan fingerprint density at radius 3 is 2.78 bits per heavy atom. The fourth-order valence-electron chi connectivity index (χ4n) is 2.16. The molecule has 2 rings (SSSR count). The average molecular weight is 248 g/mol. The van der Waals surface area contributed by atoms with Crippen LogP contribution in [0.1, 0.15) is 24.9 Å². The predicted octanol–water partition coefficient (Wildman–Crippen LogP) is 1.58. The maximum atomic E-state index is 12.2. The van der Waals surface area contributed by atoms with Crippen LogP contribution in [-0.4, -0.2) is 37.6 Å². The van der Waals surface area contributed by atoms with Gasteiger partial charge in [-0.3, -0.25) is 4.79 Å². The van der Waals surface area contributed by atoms with Gasteiger partial charge in [-0.2, -0.15) is 0 Å². The summed E-state index contributed by atoms with van der Waals surface area (Å²) in [7, 11) is 1.86. The van der Waals surface area contributed by atoms with E-state index in [2.05, 4.69) is 5.32 Å². The van der Waals surface area contributed by atoms with E-state index in [4.69, 9.17) is 4.74 Å². The molecule has 1 aromatic carbocycles. The van der Waals surface area contributed by atoms with E-state index in [1.165, 1.54) is 0 Å². The van der Waals surface area contributed by atoms with Crippen molar-refractivity contribution < 1.29 is 9.53 Å². The molecule has 98 valence electrons. The zero-order valence-corrected chi connectivity index (χ0v) is 11.0. The van der Waals surface area contributed by atoms with Crippen LogP contribution in [0, 0.1) is 0 Å². The van der Waals surface area contributed by atoms with Gasteiger partial charge in [0.25, 0.3) is 0 Å². The molecule has 1 fully saturated rings. The van der Waals surface area contributed by atoms with E-state index in [-0.39, 0.29) is 11.9 Å². The molecule has 0 bridgehead atoms. The van der Waals surface area contributed by atoms with Crippen molar-refractivity contribution in [2.45, 2.75) is 19.4 Å². The van der Waals surface area contributed by atoms with Gasteiger partial charge in [-0.1, -0.05) is 12.1 Å². The van der Waals surface area contributed by atoms with Crippen molar-refractivity contribution in [3.05, 3.63) is 29.8 Å². The van der Waals surface area contributed by atoms with Crippen LogP contribution in [0.4, 0.5) is 0 Å². The summed E-state index contributed by atoms with van der Waals surface area (Å²) in [5, 5.41) is 3.30. The lowest BCUT2D eigenvalue weighted by atomic mass is 10.1. The van der Waals surface area contributed by atoms with Crippen molar-refractivity contribution in [1.29, 1.82) is 0 Å². The van der Waals surface area contributed by atoms with Crippen LogP contribution in [-0.2, 0) is 4.79 Å². The summed E-state index contributed by atoms with van der Waals surface area (Å²) >= 11 is 0. The fourth-order valence-corrected chi connectivity index (χ4v) is 2.16. The summed E-state index contributed by atoms with van der Waals surface area (Å²) in [5.41, 5.74) is 0.997. The molecule has 0 saturated carbocycles. The number of carbonyl (C=O) groups is 1. The smallest absolute Gasteiger partial charge is 0.244 e. The Kier molecular flexibility index (Phi) is 4.20. The maximum absolute atomic E-state index is 12.2. The second kappa shape index (κ2) is 5.87. The SMILES string of the molecule is CCOc1ccc(C2NCCCN(C)C2=O)cc1. The molecule has 18 heavy (non-hydrogen) atoms. The largest absolute Gasteiger partial charge is 0.494 e. The fraction of sp³-hybridized carbons (Fsp3) is 0.500. The van der Waals surface area contributed by atoms with Crippen LogP contribution in [0.2, 0.25) is 0 Å². The van der Waals surface area contributed by atoms with Gasteiger partial charge in [0.1, 0.15) is 11.8 Å². The Hall–Kier alpha value is -1.55. The predicted molar refractivity (Wildman–Crippen MR) is 70.6 cm³/mol. The molecule has 1 aromatic rings. The van der Waals surface area contributed by atoms with Gasteiger partial charge in [0.15, 0.2) is 0 Å². The minimum atomic E-state index is -0.229. The van der Waals surface area contributed by atoms with E-state index in [1.807, 2.05) is 38.2 Å².